The molecule has 2 atom stereocenters. The number of carbonyl (C=O) groups is 3. The molecule has 2 aliphatic rings. The van der Waals surface area contributed by atoms with Crippen molar-refractivity contribution >= 4 is 23.5 Å². The number of fused-ring (bicyclic) bond motifs is 1. The van der Waals surface area contributed by atoms with E-state index >= 15 is 0 Å². The number of carbonyl (C=O) groups excluding carboxylic acids is 2. The Labute approximate surface area is 133 Å². The number of benzene rings is 1. The van der Waals surface area contributed by atoms with Crippen molar-refractivity contribution in [2.45, 2.75) is 37.9 Å². The van der Waals surface area contributed by atoms with Gasteiger partial charge in [-0.3, -0.25) is 9.59 Å². The summed E-state index contributed by atoms with van der Waals surface area (Å²) < 4.78 is 0. The van der Waals surface area contributed by atoms with Crippen molar-refractivity contribution in [2.24, 2.45) is 0 Å². The Morgan fingerprint density at radius 1 is 1.26 bits per heavy atom. The molecule has 122 valence electrons. The molecule has 3 N–H and O–H groups in total. The lowest BCUT2D eigenvalue weighted by molar-refractivity contribution is -0.149. The van der Waals surface area contributed by atoms with Crippen molar-refractivity contribution in [1.29, 1.82) is 0 Å². The van der Waals surface area contributed by atoms with E-state index in [1.54, 1.807) is 12.1 Å². The maximum Gasteiger partial charge on any atom is 0.326 e. The summed E-state index contributed by atoms with van der Waals surface area (Å²) >= 11 is 0. The summed E-state index contributed by atoms with van der Waals surface area (Å²) in [5.41, 5.74) is 0.599. The van der Waals surface area contributed by atoms with E-state index < -0.39 is 17.7 Å². The smallest absolute Gasteiger partial charge is 0.326 e. The number of carboxylic acid groups (broad SMARTS) is 1. The first-order valence-corrected chi connectivity index (χ1v) is 7.64. The number of carboxylic acids is 1. The molecule has 0 saturated carbocycles. The minimum atomic E-state index is -1.03. The van der Waals surface area contributed by atoms with Gasteiger partial charge in [0.1, 0.15) is 11.7 Å². The highest BCUT2D eigenvalue weighted by Crippen LogP contribution is 2.31. The van der Waals surface area contributed by atoms with Crippen LogP contribution in [0.4, 0.5) is 5.69 Å². The third-order valence-electron chi connectivity index (χ3n) is 4.59. The van der Waals surface area contributed by atoms with Crippen LogP contribution in [0.3, 0.4) is 0 Å². The highest BCUT2D eigenvalue weighted by Gasteiger charge is 2.41. The summed E-state index contributed by atoms with van der Waals surface area (Å²) in [7, 11) is 0. The monoisotopic (exact) mass is 317 g/mol. The normalized spacial score (nSPS) is 25.2. The van der Waals surface area contributed by atoms with Crippen molar-refractivity contribution in [3.05, 3.63) is 29.8 Å². The van der Waals surface area contributed by atoms with Gasteiger partial charge in [0.15, 0.2) is 0 Å². The summed E-state index contributed by atoms with van der Waals surface area (Å²) in [6.45, 7) is 1.78. The Kier molecular flexibility index (Phi) is 3.71. The number of nitrogens with zero attached hydrogens (tertiary/aromatic N) is 1. The standard InChI is InChI=1S/C16H19N3O4/c1-10(15(22)23)19-9-8-16(7-6-13(19)20)17-12-5-3-2-4-11(12)14(21)18-16/h2-5,10,17H,6-9H2,1H3,(H,18,21)(H,22,23)/t10-,16+/m0/s1. The minimum absolute atomic E-state index is 0.175. The van der Waals surface area contributed by atoms with Crippen LogP contribution in [-0.4, -0.2) is 46.0 Å². The first-order valence-electron chi connectivity index (χ1n) is 7.64. The molecule has 7 heteroatoms. The highest BCUT2D eigenvalue weighted by atomic mass is 16.4. The molecule has 0 radical (unpaired) electrons. The van der Waals surface area contributed by atoms with E-state index in [1.165, 1.54) is 11.8 Å². The number of rotatable bonds is 2. The Bertz CT molecular complexity index is 675. The summed E-state index contributed by atoms with van der Waals surface area (Å²) in [5, 5.41) is 15.4. The largest absolute Gasteiger partial charge is 0.480 e. The number of para-hydroxylation sites is 1. The first kappa shape index (κ1) is 15.3. The number of hydrogen-bond donors (Lipinski definition) is 3. The van der Waals surface area contributed by atoms with Crippen LogP contribution in [-0.2, 0) is 9.59 Å². The highest BCUT2D eigenvalue weighted by molar-refractivity contribution is 6.02. The zero-order valence-corrected chi connectivity index (χ0v) is 12.8. The van der Waals surface area contributed by atoms with Crippen molar-refractivity contribution in [1.82, 2.24) is 10.2 Å². The number of aliphatic carboxylic acids is 1. The van der Waals surface area contributed by atoms with Gasteiger partial charge in [0.2, 0.25) is 5.91 Å². The van der Waals surface area contributed by atoms with Gasteiger partial charge in [0, 0.05) is 25.1 Å². The molecule has 2 aliphatic heterocycles. The van der Waals surface area contributed by atoms with Crippen molar-refractivity contribution in [3.63, 3.8) is 0 Å². The summed E-state index contributed by atoms with van der Waals surface area (Å²) in [4.78, 5) is 37.1. The van der Waals surface area contributed by atoms with E-state index in [9.17, 15) is 14.4 Å². The van der Waals surface area contributed by atoms with Gasteiger partial charge in [0.25, 0.3) is 5.91 Å². The maximum atomic E-state index is 12.3. The Morgan fingerprint density at radius 3 is 2.74 bits per heavy atom. The summed E-state index contributed by atoms with van der Waals surface area (Å²) in [5.74, 6) is -1.40. The van der Waals surface area contributed by atoms with Crippen molar-refractivity contribution < 1.29 is 19.5 Å². The molecule has 7 nitrogen and oxygen atoms in total. The van der Waals surface area contributed by atoms with Crippen molar-refractivity contribution in [2.75, 3.05) is 11.9 Å². The minimum Gasteiger partial charge on any atom is -0.480 e. The fraction of sp³-hybridized carbons (Fsp3) is 0.438. The van der Waals surface area contributed by atoms with E-state index in [0.717, 1.165) is 5.69 Å². The van der Waals surface area contributed by atoms with Gasteiger partial charge in [-0.05, 0) is 25.5 Å². The van der Waals surface area contributed by atoms with Gasteiger partial charge in [-0.1, -0.05) is 12.1 Å². The number of hydrogen-bond acceptors (Lipinski definition) is 4. The molecule has 1 fully saturated rings. The molecule has 1 saturated heterocycles. The fourth-order valence-electron chi connectivity index (χ4n) is 3.18. The molecule has 1 aromatic carbocycles. The van der Waals surface area contributed by atoms with Crippen molar-refractivity contribution in [3.8, 4) is 0 Å². The zero-order chi connectivity index (χ0) is 16.6. The second-order valence-corrected chi connectivity index (χ2v) is 6.06. The quantitative estimate of drug-likeness (QED) is 0.756. The molecule has 1 aromatic rings. The average Bonchev–Trinajstić information content (AvgIpc) is 2.67. The lowest BCUT2D eigenvalue weighted by atomic mass is 9.95. The van der Waals surface area contributed by atoms with Crippen LogP contribution in [0.25, 0.3) is 0 Å². The van der Waals surface area contributed by atoms with Gasteiger partial charge in [-0.15, -0.1) is 0 Å². The Balaban J connectivity index is 1.84. The van der Waals surface area contributed by atoms with E-state index in [4.69, 9.17) is 5.11 Å². The predicted molar refractivity (Wildman–Crippen MR) is 82.9 cm³/mol. The zero-order valence-electron chi connectivity index (χ0n) is 12.8. The van der Waals surface area contributed by atoms with Crippen LogP contribution in [0.5, 0.6) is 0 Å². The number of amides is 2. The summed E-state index contributed by atoms with van der Waals surface area (Å²) in [6, 6.07) is 6.35. The SMILES string of the molecule is C[C@@H](C(=O)O)N1CC[C@@]2(CCC1=O)NC(=O)c1ccccc1N2. The Hall–Kier alpha value is -2.57. The van der Waals surface area contributed by atoms with Crippen LogP contribution in [0.1, 0.15) is 36.5 Å². The van der Waals surface area contributed by atoms with E-state index in [-0.39, 0.29) is 24.8 Å². The van der Waals surface area contributed by atoms with Gasteiger partial charge in [-0.2, -0.15) is 0 Å². The van der Waals surface area contributed by atoms with E-state index in [0.29, 0.717) is 18.4 Å². The molecule has 2 heterocycles. The maximum absolute atomic E-state index is 12.3. The molecule has 0 bridgehead atoms. The second kappa shape index (κ2) is 5.57. The molecular formula is C16H19N3O4. The van der Waals surface area contributed by atoms with Gasteiger partial charge < -0.3 is 20.6 Å². The van der Waals surface area contributed by atoms with Crippen LogP contribution >= 0.6 is 0 Å². The van der Waals surface area contributed by atoms with Gasteiger partial charge >= 0.3 is 5.97 Å². The molecule has 3 rings (SSSR count). The third-order valence-corrected chi connectivity index (χ3v) is 4.59. The molecule has 1 spiro atoms. The Morgan fingerprint density at radius 2 is 2.00 bits per heavy atom. The molecule has 2 amide bonds. The number of anilines is 1. The molecule has 0 unspecified atom stereocenters. The number of nitrogens with one attached hydrogen (secondary N) is 2. The fourth-order valence-corrected chi connectivity index (χ4v) is 3.18. The molecule has 23 heavy (non-hydrogen) atoms. The molecular weight excluding hydrogens is 298 g/mol. The van der Waals surface area contributed by atoms with Gasteiger partial charge in [-0.25, -0.2) is 4.79 Å². The molecule has 0 aliphatic carbocycles. The lowest BCUT2D eigenvalue weighted by Crippen LogP contribution is -2.58. The lowest BCUT2D eigenvalue weighted by Gasteiger charge is -2.40. The van der Waals surface area contributed by atoms with E-state index in [1.807, 2.05) is 12.1 Å². The average molecular weight is 317 g/mol. The topological polar surface area (TPSA) is 98.7 Å². The summed E-state index contributed by atoms with van der Waals surface area (Å²) in [6.07, 6.45) is 1.07. The predicted octanol–water partition coefficient (Wildman–Crippen LogP) is 1.02. The first-order chi connectivity index (χ1) is 10.9. The number of likely N-dealkylation sites (tertiary alicyclic amines) is 1. The second-order valence-electron chi connectivity index (χ2n) is 6.06. The van der Waals surface area contributed by atoms with Crippen LogP contribution in [0.15, 0.2) is 24.3 Å². The molecule has 0 aromatic heterocycles. The van der Waals surface area contributed by atoms with Crippen LogP contribution < -0.4 is 10.6 Å². The van der Waals surface area contributed by atoms with Crippen LogP contribution in [0, 0.1) is 0 Å². The van der Waals surface area contributed by atoms with Crippen LogP contribution in [0.2, 0.25) is 0 Å². The van der Waals surface area contributed by atoms with E-state index in [2.05, 4.69) is 10.6 Å². The van der Waals surface area contributed by atoms with Gasteiger partial charge in [0.05, 0.1) is 5.56 Å². The third kappa shape index (κ3) is 2.74.